The maximum atomic E-state index is 13.1. The lowest BCUT2D eigenvalue weighted by atomic mass is 10.0. The van der Waals surface area contributed by atoms with E-state index >= 15 is 0 Å². The maximum absolute atomic E-state index is 13.1. The second-order valence-corrected chi connectivity index (χ2v) is 6.53. The van der Waals surface area contributed by atoms with Crippen molar-refractivity contribution in [1.29, 1.82) is 0 Å². The number of aryl methyl sites for hydroxylation is 1. The smallest absolute Gasteiger partial charge is 0.198 e. The van der Waals surface area contributed by atoms with Crippen LogP contribution in [0.25, 0.3) is 11.3 Å². The fourth-order valence-electron chi connectivity index (χ4n) is 2.45. The fraction of sp³-hybridized carbons (Fsp3) is 0.158. The van der Waals surface area contributed by atoms with E-state index in [0.717, 1.165) is 11.3 Å². The predicted octanol–water partition coefficient (Wildman–Crippen LogP) is 3.41. The van der Waals surface area contributed by atoms with Crippen molar-refractivity contribution in [2.45, 2.75) is 6.92 Å². The molecule has 0 aliphatic heterocycles. The normalized spacial score (nSPS) is 11.5. The van der Waals surface area contributed by atoms with Crippen molar-refractivity contribution >= 4 is 23.0 Å². The number of hydrogen-bond acceptors (Lipinski definition) is 5. The van der Waals surface area contributed by atoms with E-state index in [9.17, 15) is 4.79 Å². The number of allylic oxidation sites excluding steroid dienone is 1. The van der Waals surface area contributed by atoms with Crippen LogP contribution in [-0.2, 0) is 0 Å². The van der Waals surface area contributed by atoms with E-state index in [-0.39, 0.29) is 5.78 Å². The quantitative estimate of drug-likeness (QED) is 0.510. The summed E-state index contributed by atoms with van der Waals surface area (Å²) in [5.41, 5.74) is 2.82. The molecule has 0 radical (unpaired) electrons. The highest BCUT2D eigenvalue weighted by Crippen LogP contribution is 2.22. The molecule has 0 aliphatic rings. The molecule has 0 amide bonds. The zero-order valence-electron chi connectivity index (χ0n) is 14.7. The lowest BCUT2D eigenvalue weighted by molar-refractivity contribution is 0.105. The van der Waals surface area contributed by atoms with Crippen molar-refractivity contribution in [3.8, 4) is 5.69 Å². The molecule has 3 rings (SSSR count). The number of aromatic nitrogens is 4. The molecule has 26 heavy (non-hydrogen) atoms. The highest BCUT2D eigenvalue weighted by molar-refractivity contribution is 6.31. The van der Waals surface area contributed by atoms with Gasteiger partial charge in [0.1, 0.15) is 0 Å². The first-order valence-electron chi connectivity index (χ1n) is 8.00. The molecule has 3 aromatic rings. The minimum absolute atomic E-state index is 0.182. The molecule has 6 nitrogen and oxygen atoms in total. The van der Waals surface area contributed by atoms with E-state index in [1.165, 1.54) is 0 Å². The second kappa shape index (κ2) is 7.49. The van der Waals surface area contributed by atoms with Crippen molar-refractivity contribution in [2.24, 2.45) is 0 Å². The molecule has 132 valence electrons. The molecule has 0 saturated carbocycles. The van der Waals surface area contributed by atoms with Crippen LogP contribution in [0.2, 0.25) is 5.02 Å². The summed E-state index contributed by atoms with van der Waals surface area (Å²) in [6.45, 7) is 2.01. The Hall–Kier alpha value is -2.99. The standard InChI is InChI=1S/C19H18ClN5O/c1-13-4-10-16(11-5-13)25-19(21-22-23-25)17(12-24(2)3)18(26)14-6-8-15(20)9-7-14/h4-12H,1-3H3/b17-12+. The van der Waals surface area contributed by atoms with Crippen molar-refractivity contribution in [1.82, 2.24) is 25.1 Å². The van der Waals surface area contributed by atoms with Crippen LogP contribution in [0.15, 0.2) is 54.7 Å². The fourth-order valence-corrected chi connectivity index (χ4v) is 2.57. The van der Waals surface area contributed by atoms with Crippen molar-refractivity contribution < 1.29 is 4.79 Å². The van der Waals surface area contributed by atoms with E-state index in [4.69, 9.17) is 11.6 Å². The molecule has 1 aromatic heterocycles. The van der Waals surface area contributed by atoms with Crippen LogP contribution >= 0.6 is 11.6 Å². The van der Waals surface area contributed by atoms with Crippen molar-refractivity contribution in [2.75, 3.05) is 14.1 Å². The topological polar surface area (TPSA) is 63.9 Å². The molecular formula is C19H18ClN5O. The lowest BCUT2D eigenvalue weighted by Crippen LogP contribution is -2.13. The Labute approximate surface area is 156 Å². The number of carbonyl (C=O) groups excluding carboxylic acids is 1. The molecular weight excluding hydrogens is 350 g/mol. The molecule has 1 heterocycles. The first-order chi connectivity index (χ1) is 12.5. The number of ketones is 1. The summed E-state index contributed by atoms with van der Waals surface area (Å²) in [6, 6.07) is 14.5. The average Bonchev–Trinajstić information content (AvgIpc) is 3.09. The van der Waals surface area contributed by atoms with Crippen LogP contribution in [0.5, 0.6) is 0 Å². The second-order valence-electron chi connectivity index (χ2n) is 6.09. The van der Waals surface area contributed by atoms with Gasteiger partial charge in [0.25, 0.3) is 0 Å². The molecule has 0 N–H and O–H groups in total. The van der Waals surface area contributed by atoms with Gasteiger partial charge in [-0.1, -0.05) is 29.3 Å². The van der Waals surface area contributed by atoms with Crippen molar-refractivity contribution in [3.05, 3.63) is 76.7 Å². The van der Waals surface area contributed by atoms with Gasteiger partial charge in [0.05, 0.1) is 11.3 Å². The predicted molar refractivity (Wildman–Crippen MR) is 101 cm³/mol. The van der Waals surface area contributed by atoms with Crippen LogP contribution in [0.4, 0.5) is 0 Å². The first kappa shape index (κ1) is 17.8. The number of nitrogens with zero attached hydrogens (tertiary/aromatic N) is 5. The van der Waals surface area contributed by atoms with Gasteiger partial charge in [-0.2, -0.15) is 4.68 Å². The van der Waals surface area contributed by atoms with Gasteiger partial charge in [0.15, 0.2) is 11.6 Å². The Morgan fingerprint density at radius 2 is 1.73 bits per heavy atom. The van der Waals surface area contributed by atoms with Crippen LogP contribution in [0.1, 0.15) is 21.7 Å². The van der Waals surface area contributed by atoms with Crippen molar-refractivity contribution in [3.63, 3.8) is 0 Å². The molecule has 0 fully saturated rings. The summed E-state index contributed by atoms with van der Waals surface area (Å²) < 4.78 is 1.56. The third kappa shape index (κ3) is 3.81. The molecule has 0 unspecified atom stereocenters. The molecule has 0 aliphatic carbocycles. The summed E-state index contributed by atoms with van der Waals surface area (Å²) in [7, 11) is 3.68. The highest BCUT2D eigenvalue weighted by atomic mass is 35.5. The number of tetrazole rings is 1. The van der Waals surface area contributed by atoms with E-state index in [2.05, 4.69) is 15.5 Å². The van der Waals surface area contributed by atoms with Gasteiger partial charge in [-0.3, -0.25) is 4.79 Å². The Balaban J connectivity index is 2.08. The third-order valence-corrected chi connectivity index (χ3v) is 3.98. The number of rotatable bonds is 5. The van der Waals surface area contributed by atoms with E-state index < -0.39 is 0 Å². The van der Waals surface area contributed by atoms with Gasteiger partial charge in [0.2, 0.25) is 0 Å². The molecule has 2 aromatic carbocycles. The molecule has 0 spiro atoms. The van der Waals surface area contributed by atoms with Crippen LogP contribution in [0, 0.1) is 6.92 Å². The van der Waals surface area contributed by atoms with Crippen LogP contribution < -0.4 is 0 Å². The van der Waals surface area contributed by atoms with E-state index in [1.807, 2.05) is 45.3 Å². The average molecular weight is 368 g/mol. The summed E-state index contributed by atoms with van der Waals surface area (Å²) in [4.78, 5) is 14.9. The maximum Gasteiger partial charge on any atom is 0.198 e. The Morgan fingerprint density at radius 3 is 2.35 bits per heavy atom. The Bertz CT molecular complexity index is 943. The monoisotopic (exact) mass is 367 g/mol. The minimum Gasteiger partial charge on any atom is -0.383 e. The van der Waals surface area contributed by atoms with E-state index in [0.29, 0.717) is 22.0 Å². The zero-order chi connectivity index (χ0) is 18.7. The zero-order valence-corrected chi connectivity index (χ0v) is 15.5. The highest BCUT2D eigenvalue weighted by Gasteiger charge is 2.22. The number of halogens is 1. The van der Waals surface area contributed by atoms with Gasteiger partial charge < -0.3 is 4.90 Å². The van der Waals surface area contributed by atoms with Gasteiger partial charge in [-0.05, 0) is 53.7 Å². The Kier molecular flexibility index (Phi) is 5.14. The van der Waals surface area contributed by atoms with Gasteiger partial charge >= 0.3 is 0 Å². The summed E-state index contributed by atoms with van der Waals surface area (Å²) in [5.74, 6) is 0.195. The summed E-state index contributed by atoms with van der Waals surface area (Å²) in [5, 5.41) is 12.5. The summed E-state index contributed by atoms with van der Waals surface area (Å²) in [6.07, 6.45) is 1.72. The minimum atomic E-state index is -0.182. The summed E-state index contributed by atoms with van der Waals surface area (Å²) >= 11 is 5.93. The van der Waals surface area contributed by atoms with E-state index in [1.54, 1.807) is 40.0 Å². The number of Topliss-reactive ketones (excluding diaryl/α,β-unsaturated/α-hetero) is 1. The van der Waals surface area contributed by atoms with Gasteiger partial charge in [-0.15, -0.1) is 5.10 Å². The molecule has 0 bridgehead atoms. The third-order valence-electron chi connectivity index (χ3n) is 3.73. The SMILES string of the molecule is Cc1ccc(-n2nnnc2/C(=C/N(C)C)C(=O)c2ccc(Cl)cc2)cc1. The number of benzene rings is 2. The van der Waals surface area contributed by atoms with Gasteiger partial charge in [-0.25, -0.2) is 0 Å². The van der Waals surface area contributed by atoms with Gasteiger partial charge in [0, 0.05) is 30.9 Å². The lowest BCUT2D eigenvalue weighted by Gasteiger charge is -2.12. The number of carbonyl (C=O) groups is 1. The first-order valence-corrected chi connectivity index (χ1v) is 8.38. The van der Waals surface area contributed by atoms with Crippen LogP contribution in [0.3, 0.4) is 0 Å². The Morgan fingerprint density at radius 1 is 1.08 bits per heavy atom. The molecule has 0 saturated heterocycles. The number of hydrogen-bond donors (Lipinski definition) is 0. The molecule has 7 heteroatoms. The van der Waals surface area contributed by atoms with Crippen LogP contribution in [-0.4, -0.2) is 45.0 Å². The largest absolute Gasteiger partial charge is 0.383 e. The molecule has 0 atom stereocenters.